The third kappa shape index (κ3) is 3.90. The number of amides is 1. The van der Waals surface area contributed by atoms with E-state index in [9.17, 15) is 9.59 Å². The first-order valence-corrected chi connectivity index (χ1v) is 7.25. The van der Waals surface area contributed by atoms with Gasteiger partial charge in [0.1, 0.15) is 5.69 Å². The van der Waals surface area contributed by atoms with Crippen LogP contribution in [0.4, 0.5) is 0 Å². The van der Waals surface area contributed by atoms with Gasteiger partial charge in [0.2, 0.25) is 0 Å². The predicted molar refractivity (Wildman–Crippen MR) is 76.6 cm³/mol. The molecule has 1 aromatic heterocycles. The fourth-order valence-electron chi connectivity index (χ4n) is 2.54. The average molecular weight is 278 g/mol. The molecule has 0 saturated carbocycles. The van der Waals surface area contributed by atoms with Gasteiger partial charge in [-0.3, -0.25) is 9.59 Å². The number of nitrogens with zero attached hydrogens (tertiary/aromatic N) is 2. The topological polar surface area (TPSA) is 78.1 Å². The molecule has 1 saturated heterocycles. The van der Waals surface area contributed by atoms with Crippen LogP contribution in [0.15, 0.2) is 17.2 Å². The number of carbonyl (C=O) groups is 1. The van der Waals surface area contributed by atoms with Crippen LogP contribution in [0.5, 0.6) is 0 Å². The molecule has 1 amide bonds. The Morgan fingerprint density at radius 3 is 2.80 bits per heavy atom. The van der Waals surface area contributed by atoms with E-state index in [0.717, 1.165) is 51.6 Å². The van der Waals surface area contributed by atoms with Crippen molar-refractivity contribution in [2.24, 2.45) is 5.92 Å². The van der Waals surface area contributed by atoms with Crippen LogP contribution in [-0.4, -0.2) is 47.0 Å². The zero-order valence-electron chi connectivity index (χ0n) is 11.9. The van der Waals surface area contributed by atoms with E-state index in [1.807, 2.05) is 4.90 Å². The number of nitrogens with one attached hydrogen (secondary N) is 2. The summed E-state index contributed by atoms with van der Waals surface area (Å²) in [5, 5.41) is 3.33. The van der Waals surface area contributed by atoms with Crippen molar-refractivity contribution in [3.8, 4) is 0 Å². The first kappa shape index (κ1) is 14.7. The molecular formula is C14H22N4O2. The van der Waals surface area contributed by atoms with Gasteiger partial charge in [-0.25, -0.2) is 4.98 Å². The number of rotatable bonds is 5. The zero-order chi connectivity index (χ0) is 14.4. The summed E-state index contributed by atoms with van der Waals surface area (Å²) >= 11 is 0. The van der Waals surface area contributed by atoms with E-state index in [1.165, 1.54) is 6.20 Å². The van der Waals surface area contributed by atoms with Gasteiger partial charge in [0, 0.05) is 19.3 Å². The van der Waals surface area contributed by atoms with Crippen LogP contribution in [0, 0.1) is 5.92 Å². The third-order valence-corrected chi connectivity index (χ3v) is 3.61. The van der Waals surface area contributed by atoms with Crippen LogP contribution < -0.4 is 10.9 Å². The molecular weight excluding hydrogens is 256 g/mol. The molecule has 110 valence electrons. The lowest BCUT2D eigenvalue weighted by Crippen LogP contribution is -2.40. The Hall–Kier alpha value is -1.69. The molecule has 1 aromatic rings. The lowest BCUT2D eigenvalue weighted by molar-refractivity contribution is 0.0710. The van der Waals surface area contributed by atoms with Gasteiger partial charge in [-0.05, 0) is 38.3 Å². The predicted octanol–water partition coefficient (Wildman–Crippen LogP) is 0.622. The molecule has 1 aliphatic heterocycles. The number of hydrogen-bond acceptors (Lipinski definition) is 4. The van der Waals surface area contributed by atoms with Crippen LogP contribution in [0.2, 0.25) is 0 Å². The molecule has 2 rings (SSSR count). The van der Waals surface area contributed by atoms with Crippen molar-refractivity contribution in [3.63, 3.8) is 0 Å². The Kier molecular flexibility index (Phi) is 5.29. The fourth-order valence-corrected chi connectivity index (χ4v) is 2.54. The highest BCUT2D eigenvalue weighted by molar-refractivity contribution is 5.91. The number of carbonyl (C=O) groups excluding carboxylic acids is 1. The maximum Gasteiger partial charge on any atom is 0.273 e. The Morgan fingerprint density at radius 1 is 1.45 bits per heavy atom. The quantitative estimate of drug-likeness (QED) is 0.827. The summed E-state index contributed by atoms with van der Waals surface area (Å²) in [6, 6.07) is 0. The number of hydrogen-bond donors (Lipinski definition) is 2. The smallest absolute Gasteiger partial charge is 0.273 e. The third-order valence-electron chi connectivity index (χ3n) is 3.61. The van der Waals surface area contributed by atoms with Crippen molar-refractivity contribution in [2.75, 3.05) is 26.2 Å². The Bertz CT molecular complexity index is 474. The summed E-state index contributed by atoms with van der Waals surface area (Å²) < 4.78 is 0. The lowest BCUT2D eigenvalue weighted by Gasteiger charge is -2.29. The van der Waals surface area contributed by atoms with E-state index in [1.54, 1.807) is 0 Å². The van der Waals surface area contributed by atoms with Gasteiger partial charge < -0.3 is 15.2 Å². The molecule has 0 aliphatic carbocycles. The van der Waals surface area contributed by atoms with E-state index in [2.05, 4.69) is 22.2 Å². The summed E-state index contributed by atoms with van der Waals surface area (Å²) in [4.78, 5) is 31.7. The summed E-state index contributed by atoms with van der Waals surface area (Å²) in [6.45, 7) is 5.60. The molecule has 1 fully saturated rings. The van der Waals surface area contributed by atoms with Crippen LogP contribution in [0.25, 0.3) is 0 Å². The van der Waals surface area contributed by atoms with Crippen molar-refractivity contribution in [1.82, 2.24) is 20.2 Å². The molecule has 0 bridgehead atoms. The van der Waals surface area contributed by atoms with Crippen LogP contribution >= 0.6 is 0 Å². The second kappa shape index (κ2) is 7.19. The molecule has 20 heavy (non-hydrogen) atoms. The second-order valence-electron chi connectivity index (χ2n) is 5.24. The van der Waals surface area contributed by atoms with E-state index in [0.29, 0.717) is 11.6 Å². The summed E-state index contributed by atoms with van der Waals surface area (Å²) in [7, 11) is 0. The van der Waals surface area contributed by atoms with Gasteiger partial charge in [0.05, 0.1) is 6.20 Å². The molecule has 1 aliphatic rings. The number of aromatic amines is 1. The molecule has 2 N–H and O–H groups in total. The Morgan fingerprint density at radius 2 is 2.20 bits per heavy atom. The number of aromatic nitrogens is 2. The van der Waals surface area contributed by atoms with Gasteiger partial charge in [-0.15, -0.1) is 0 Å². The molecule has 0 spiro atoms. The second-order valence-corrected chi connectivity index (χ2v) is 5.24. The molecule has 0 radical (unpaired) electrons. The van der Waals surface area contributed by atoms with Gasteiger partial charge >= 0.3 is 0 Å². The normalized spacial score (nSPS) is 16.1. The average Bonchev–Trinajstić information content (AvgIpc) is 2.48. The standard InChI is InChI=1S/C14H22N4O2/c1-2-7-18(10-11-3-5-15-6-4-11)14(20)12-8-17-13(19)9-16-12/h8-9,11,15H,2-7,10H2,1H3,(H,17,19). The fraction of sp³-hybridized carbons (Fsp3) is 0.643. The van der Waals surface area contributed by atoms with Crippen molar-refractivity contribution in [1.29, 1.82) is 0 Å². The number of H-pyrrole nitrogens is 1. The monoisotopic (exact) mass is 278 g/mol. The van der Waals surface area contributed by atoms with Gasteiger partial charge in [-0.2, -0.15) is 0 Å². The Balaban J connectivity index is 2.04. The highest BCUT2D eigenvalue weighted by Crippen LogP contribution is 2.15. The van der Waals surface area contributed by atoms with Crippen molar-refractivity contribution < 1.29 is 4.79 Å². The maximum absolute atomic E-state index is 12.4. The van der Waals surface area contributed by atoms with Crippen LogP contribution in [0.3, 0.4) is 0 Å². The minimum Gasteiger partial charge on any atom is -0.337 e. The highest BCUT2D eigenvalue weighted by Gasteiger charge is 2.22. The van der Waals surface area contributed by atoms with E-state index < -0.39 is 0 Å². The van der Waals surface area contributed by atoms with Crippen molar-refractivity contribution >= 4 is 5.91 Å². The van der Waals surface area contributed by atoms with Crippen molar-refractivity contribution in [3.05, 3.63) is 28.4 Å². The molecule has 0 aromatic carbocycles. The van der Waals surface area contributed by atoms with Crippen molar-refractivity contribution in [2.45, 2.75) is 26.2 Å². The molecule has 0 atom stereocenters. The first-order chi connectivity index (χ1) is 9.70. The minimum atomic E-state index is -0.290. The van der Waals surface area contributed by atoms with Crippen LogP contribution in [-0.2, 0) is 0 Å². The lowest BCUT2D eigenvalue weighted by atomic mass is 9.97. The molecule has 6 nitrogen and oxygen atoms in total. The summed E-state index contributed by atoms with van der Waals surface area (Å²) in [5.41, 5.74) is 0.0222. The largest absolute Gasteiger partial charge is 0.337 e. The van der Waals surface area contributed by atoms with Gasteiger partial charge in [-0.1, -0.05) is 6.92 Å². The zero-order valence-corrected chi connectivity index (χ0v) is 11.9. The highest BCUT2D eigenvalue weighted by atomic mass is 16.2. The molecule has 2 heterocycles. The number of piperidine rings is 1. The van der Waals surface area contributed by atoms with E-state index in [4.69, 9.17) is 0 Å². The van der Waals surface area contributed by atoms with E-state index in [-0.39, 0.29) is 11.5 Å². The summed E-state index contributed by atoms with van der Waals surface area (Å²) in [6.07, 6.45) is 5.68. The van der Waals surface area contributed by atoms with Gasteiger partial charge in [0.15, 0.2) is 0 Å². The Labute approximate surface area is 118 Å². The minimum absolute atomic E-state index is 0.0957. The maximum atomic E-state index is 12.4. The SMILES string of the molecule is CCCN(CC1CCNCC1)C(=O)c1c[nH]c(=O)cn1. The summed E-state index contributed by atoms with van der Waals surface area (Å²) in [5.74, 6) is 0.455. The van der Waals surface area contributed by atoms with Crippen LogP contribution in [0.1, 0.15) is 36.7 Å². The molecule has 6 heteroatoms. The van der Waals surface area contributed by atoms with E-state index >= 15 is 0 Å². The van der Waals surface area contributed by atoms with Gasteiger partial charge in [0.25, 0.3) is 11.5 Å². The first-order valence-electron chi connectivity index (χ1n) is 7.25. The molecule has 0 unspecified atom stereocenters.